The monoisotopic (exact) mass is 262 g/mol. The fourth-order valence-electron chi connectivity index (χ4n) is 1.21. The maximum atomic E-state index is 13.1. The van der Waals surface area contributed by atoms with Crippen molar-refractivity contribution in [3.8, 4) is 0 Å². The fraction of sp³-hybridized carbons (Fsp3) is 0.400. The molecule has 0 amide bonds. The molecule has 3 N–H and O–H groups in total. The first-order chi connectivity index (χ1) is 7.94. The molecule has 0 aromatic heterocycles. The number of benzene rings is 1. The van der Waals surface area contributed by atoms with Crippen LogP contribution in [0.15, 0.2) is 18.2 Å². The Labute approximate surface area is 99.8 Å². The summed E-state index contributed by atoms with van der Waals surface area (Å²) in [5.74, 6) is -0.727. The van der Waals surface area contributed by atoms with E-state index in [1.165, 1.54) is 19.2 Å². The van der Waals surface area contributed by atoms with Crippen molar-refractivity contribution in [3.63, 3.8) is 0 Å². The van der Waals surface area contributed by atoms with Crippen molar-refractivity contribution in [2.75, 3.05) is 29.9 Å². The van der Waals surface area contributed by atoms with Gasteiger partial charge in [-0.1, -0.05) is 0 Å². The molecule has 7 heteroatoms. The maximum absolute atomic E-state index is 13.1. The number of methoxy groups -OCH3 is 1. The van der Waals surface area contributed by atoms with Gasteiger partial charge in [-0.2, -0.15) is 0 Å². The molecule has 1 rings (SSSR count). The predicted molar refractivity (Wildman–Crippen MR) is 64.7 cm³/mol. The molecular formula is C10H15FN2O3S. The van der Waals surface area contributed by atoms with Crippen molar-refractivity contribution in [3.05, 3.63) is 24.0 Å². The fourth-order valence-corrected chi connectivity index (χ4v) is 2.30. The summed E-state index contributed by atoms with van der Waals surface area (Å²) in [6.45, 7) is 0.358. The number of nitrogens with two attached hydrogens (primary N) is 1. The Hall–Kier alpha value is -1.34. The Bertz CT molecular complexity index is 476. The Morgan fingerprint density at radius 1 is 1.47 bits per heavy atom. The van der Waals surface area contributed by atoms with Crippen LogP contribution in [0.2, 0.25) is 0 Å². The topological polar surface area (TPSA) is 81.4 Å². The summed E-state index contributed by atoms with van der Waals surface area (Å²) in [5.41, 5.74) is 5.42. The largest absolute Gasteiger partial charge is 0.396 e. The summed E-state index contributed by atoms with van der Waals surface area (Å²) >= 11 is 0. The molecule has 0 saturated carbocycles. The molecule has 0 radical (unpaired) electrons. The van der Waals surface area contributed by atoms with Gasteiger partial charge in [0.25, 0.3) is 0 Å². The summed E-state index contributed by atoms with van der Waals surface area (Å²) in [6, 6.07) is 3.76. The van der Waals surface area contributed by atoms with Crippen LogP contribution in [-0.2, 0) is 14.8 Å². The molecule has 96 valence electrons. The summed E-state index contributed by atoms with van der Waals surface area (Å²) < 4.78 is 43.2. The smallest absolute Gasteiger partial charge is 0.232 e. The number of nitrogen functional groups attached to an aromatic ring is 1. The molecule has 0 aliphatic rings. The zero-order valence-electron chi connectivity index (χ0n) is 9.44. The van der Waals surface area contributed by atoms with Gasteiger partial charge in [0.2, 0.25) is 10.0 Å². The van der Waals surface area contributed by atoms with Crippen LogP contribution in [-0.4, -0.2) is 27.9 Å². The van der Waals surface area contributed by atoms with Crippen molar-refractivity contribution in [2.45, 2.75) is 6.42 Å². The van der Waals surface area contributed by atoms with E-state index >= 15 is 0 Å². The molecule has 0 unspecified atom stereocenters. The maximum Gasteiger partial charge on any atom is 0.232 e. The van der Waals surface area contributed by atoms with Gasteiger partial charge < -0.3 is 10.5 Å². The Balaban J connectivity index is 2.66. The molecule has 1 aromatic rings. The number of nitrogens with one attached hydrogen (secondary N) is 1. The summed E-state index contributed by atoms with van der Waals surface area (Å²) in [5, 5.41) is 0. The minimum absolute atomic E-state index is 0.0210. The highest BCUT2D eigenvalue weighted by Crippen LogP contribution is 2.17. The highest BCUT2D eigenvalue weighted by molar-refractivity contribution is 7.92. The third-order valence-electron chi connectivity index (χ3n) is 2.04. The van der Waals surface area contributed by atoms with E-state index in [2.05, 4.69) is 4.72 Å². The molecule has 0 aliphatic heterocycles. The lowest BCUT2D eigenvalue weighted by Crippen LogP contribution is -2.17. The molecule has 0 aliphatic carbocycles. The quantitative estimate of drug-likeness (QED) is 0.596. The summed E-state index contributed by atoms with van der Waals surface area (Å²) in [7, 11) is -1.98. The number of sulfonamides is 1. The molecular weight excluding hydrogens is 247 g/mol. The zero-order valence-corrected chi connectivity index (χ0v) is 10.3. The Kier molecular flexibility index (Phi) is 4.71. The second-order valence-corrected chi connectivity index (χ2v) is 5.35. The highest BCUT2D eigenvalue weighted by Gasteiger charge is 2.11. The molecule has 17 heavy (non-hydrogen) atoms. The van der Waals surface area contributed by atoms with Crippen LogP contribution in [0.1, 0.15) is 6.42 Å². The first kappa shape index (κ1) is 13.7. The third kappa shape index (κ3) is 4.58. The number of anilines is 2. The van der Waals surface area contributed by atoms with Gasteiger partial charge >= 0.3 is 0 Å². The normalized spacial score (nSPS) is 11.4. The number of rotatable bonds is 6. The second-order valence-electron chi connectivity index (χ2n) is 3.50. The Morgan fingerprint density at radius 2 is 2.18 bits per heavy atom. The van der Waals surface area contributed by atoms with E-state index in [0.717, 1.165) is 6.07 Å². The van der Waals surface area contributed by atoms with Gasteiger partial charge in [-0.3, -0.25) is 4.72 Å². The van der Waals surface area contributed by atoms with Crippen LogP contribution in [0.25, 0.3) is 0 Å². The summed E-state index contributed by atoms with van der Waals surface area (Å²) in [4.78, 5) is 0. The van der Waals surface area contributed by atoms with E-state index in [-0.39, 0.29) is 17.1 Å². The average Bonchev–Trinajstić information content (AvgIpc) is 2.23. The van der Waals surface area contributed by atoms with Gasteiger partial charge in [-0.25, -0.2) is 12.8 Å². The van der Waals surface area contributed by atoms with Crippen molar-refractivity contribution >= 4 is 21.4 Å². The molecule has 0 atom stereocenters. The molecule has 5 nitrogen and oxygen atoms in total. The SMILES string of the molecule is COCCCS(=O)(=O)Nc1ccc(N)c(F)c1. The number of hydrogen-bond donors (Lipinski definition) is 2. The molecule has 0 fully saturated rings. The zero-order chi connectivity index (χ0) is 12.9. The third-order valence-corrected chi connectivity index (χ3v) is 3.41. The molecule has 0 heterocycles. The minimum Gasteiger partial charge on any atom is -0.396 e. The van der Waals surface area contributed by atoms with Crippen LogP contribution in [0, 0.1) is 5.82 Å². The van der Waals surface area contributed by atoms with Crippen molar-refractivity contribution in [2.24, 2.45) is 0 Å². The Morgan fingerprint density at radius 3 is 2.76 bits per heavy atom. The van der Waals surface area contributed by atoms with Gasteiger partial charge in [0.15, 0.2) is 0 Å². The van der Waals surface area contributed by atoms with Crippen LogP contribution < -0.4 is 10.5 Å². The number of ether oxygens (including phenoxy) is 1. The van der Waals surface area contributed by atoms with Crippen LogP contribution in [0.3, 0.4) is 0 Å². The van der Waals surface area contributed by atoms with E-state index in [0.29, 0.717) is 13.0 Å². The lowest BCUT2D eigenvalue weighted by atomic mass is 10.3. The van der Waals surface area contributed by atoms with Crippen LogP contribution >= 0.6 is 0 Å². The number of hydrogen-bond acceptors (Lipinski definition) is 4. The molecule has 0 spiro atoms. The van der Waals surface area contributed by atoms with Crippen molar-refractivity contribution in [1.29, 1.82) is 0 Å². The van der Waals surface area contributed by atoms with Crippen LogP contribution in [0.4, 0.5) is 15.8 Å². The van der Waals surface area contributed by atoms with E-state index in [9.17, 15) is 12.8 Å². The van der Waals surface area contributed by atoms with E-state index in [1.54, 1.807) is 0 Å². The first-order valence-electron chi connectivity index (χ1n) is 4.99. The van der Waals surface area contributed by atoms with E-state index in [1.807, 2.05) is 0 Å². The van der Waals surface area contributed by atoms with Gasteiger partial charge in [0.1, 0.15) is 5.82 Å². The summed E-state index contributed by atoms with van der Waals surface area (Å²) in [6.07, 6.45) is 0.378. The van der Waals surface area contributed by atoms with Gasteiger partial charge in [0.05, 0.1) is 17.1 Å². The molecule has 0 saturated heterocycles. The average molecular weight is 262 g/mol. The standard InChI is InChI=1S/C10H15FN2O3S/c1-16-5-2-6-17(14,15)13-8-3-4-10(12)9(11)7-8/h3-4,7,13H,2,5-6,12H2,1H3. The van der Waals surface area contributed by atoms with Gasteiger partial charge in [-0.05, 0) is 18.6 Å². The van der Waals surface area contributed by atoms with Crippen molar-refractivity contribution < 1.29 is 17.5 Å². The first-order valence-corrected chi connectivity index (χ1v) is 6.64. The van der Waals surface area contributed by atoms with E-state index in [4.69, 9.17) is 10.5 Å². The molecule has 1 aromatic carbocycles. The van der Waals surface area contributed by atoms with E-state index < -0.39 is 15.8 Å². The van der Waals surface area contributed by atoms with Crippen molar-refractivity contribution in [1.82, 2.24) is 0 Å². The second kappa shape index (κ2) is 5.83. The molecule has 0 bridgehead atoms. The lowest BCUT2D eigenvalue weighted by molar-refractivity contribution is 0.199. The number of halogens is 1. The predicted octanol–water partition coefficient (Wildman–Crippen LogP) is 1.19. The highest BCUT2D eigenvalue weighted by atomic mass is 32.2. The minimum atomic E-state index is -3.47. The van der Waals surface area contributed by atoms with Gasteiger partial charge in [-0.15, -0.1) is 0 Å². The lowest BCUT2D eigenvalue weighted by Gasteiger charge is -2.08. The van der Waals surface area contributed by atoms with Crippen LogP contribution in [0.5, 0.6) is 0 Å². The van der Waals surface area contributed by atoms with Gasteiger partial charge in [0, 0.05) is 19.8 Å².